The minimum absolute atomic E-state index is 0.00559. The quantitative estimate of drug-likeness (QED) is 0.455. The Kier molecular flexibility index (Phi) is 8.04. The van der Waals surface area contributed by atoms with E-state index in [-0.39, 0.29) is 12.4 Å². The van der Waals surface area contributed by atoms with Gasteiger partial charge in [-0.25, -0.2) is 8.70 Å². The topological polar surface area (TPSA) is 32.8 Å². The number of carbonyl (C=O) groups is 1. The van der Waals surface area contributed by atoms with E-state index in [0.717, 1.165) is 13.1 Å². The van der Waals surface area contributed by atoms with Crippen LogP contribution in [-0.4, -0.2) is 55.3 Å². The molecule has 1 saturated heterocycles. The first kappa shape index (κ1) is 21.3. The van der Waals surface area contributed by atoms with Crippen molar-refractivity contribution in [2.45, 2.75) is 4.90 Å². The highest BCUT2D eigenvalue weighted by Crippen LogP contribution is 2.27. The number of carbonyl (C=O) groups excluding carboxylic acids is 1. The Morgan fingerprint density at radius 1 is 0.966 bits per heavy atom. The van der Waals surface area contributed by atoms with E-state index in [1.165, 1.54) is 53.0 Å². The van der Waals surface area contributed by atoms with E-state index >= 15 is 0 Å². The maximum absolute atomic E-state index is 12.3. The molecule has 1 aliphatic heterocycles. The second kappa shape index (κ2) is 11.0. The molecule has 1 aliphatic rings. The van der Waals surface area contributed by atoms with Gasteiger partial charge < -0.3 is 9.64 Å². The predicted molar refractivity (Wildman–Crippen MR) is 117 cm³/mol. The van der Waals surface area contributed by atoms with Gasteiger partial charge in [-0.05, 0) is 66.2 Å². The molecule has 0 saturated carbocycles. The molecular formula is C23H25FN2O2S. The zero-order valence-corrected chi connectivity index (χ0v) is 17.3. The van der Waals surface area contributed by atoms with Crippen LogP contribution in [0, 0.1) is 5.82 Å². The maximum atomic E-state index is 12.3. The third-order valence-electron chi connectivity index (χ3n) is 4.55. The summed E-state index contributed by atoms with van der Waals surface area (Å²) in [6.07, 6.45) is 0.642. The summed E-state index contributed by atoms with van der Waals surface area (Å²) < 4.78 is 19.6. The number of hydrogen-bond donors (Lipinski definition) is 0. The summed E-state index contributed by atoms with van der Waals surface area (Å²) in [5.74, 6) is 0.182. The summed E-state index contributed by atoms with van der Waals surface area (Å²) in [6.45, 7) is 4.63. The first-order valence-corrected chi connectivity index (χ1v) is 10.3. The minimum atomic E-state index is -0.316. The van der Waals surface area contributed by atoms with E-state index in [0.29, 0.717) is 12.0 Å². The number of aldehydes is 1. The summed E-state index contributed by atoms with van der Waals surface area (Å²) in [5, 5.41) is 2.65. The lowest BCUT2D eigenvalue weighted by atomic mass is 10.1. The normalized spacial score (nSPS) is 14.8. The Morgan fingerprint density at radius 2 is 1.66 bits per heavy atom. The predicted octanol–water partition coefficient (Wildman–Crippen LogP) is 4.50. The molecule has 1 fully saturated rings. The van der Waals surface area contributed by atoms with Crippen molar-refractivity contribution in [1.29, 1.82) is 0 Å². The van der Waals surface area contributed by atoms with Crippen molar-refractivity contribution in [2.75, 3.05) is 39.8 Å². The number of fused-ring (bicyclic) bond motifs is 1. The Hall–Kier alpha value is -2.41. The van der Waals surface area contributed by atoms with E-state index in [4.69, 9.17) is 4.74 Å². The Labute approximate surface area is 175 Å². The van der Waals surface area contributed by atoms with Gasteiger partial charge in [0, 0.05) is 31.1 Å². The SMILES string of the molecule is CN1CCN(Sc2ccc3ccccc3c2)CC1.O=CCOc1ccc(F)cc1. The van der Waals surface area contributed by atoms with Crippen LogP contribution >= 0.6 is 11.9 Å². The third-order valence-corrected chi connectivity index (χ3v) is 5.64. The lowest BCUT2D eigenvalue weighted by molar-refractivity contribution is -0.109. The molecule has 0 N–H and O–H groups in total. The van der Waals surface area contributed by atoms with Crippen LogP contribution in [0.25, 0.3) is 10.8 Å². The fraction of sp³-hybridized carbons (Fsp3) is 0.261. The number of likely N-dealkylation sites (N-methyl/N-ethyl adjacent to an activating group) is 1. The van der Waals surface area contributed by atoms with Crippen LogP contribution in [0.3, 0.4) is 0 Å². The van der Waals surface area contributed by atoms with Gasteiger partial charge in [-0.3, -0.25) is 4.79 Å². The van der Waals surface area contributed by atoms with Crippen LogP contribution in [0.1, 0.15) is 0 Å². The van der Waals surface area contributed by atoms with Gasteiger partial charge in [-0.1, -0.05) is 30.3 Å². The van der Waals surface area contributed by atoms with Gasteiger partial charge in [0.15, 0.2) is 6.29 Å². The average Bonchev–Trinajstić information content (AvgIpc) is 2.75. The standard InChI is InChI=1S/C15H18N2S.C8H7FO2/c1-16-8-10-17(11-9-16)18-15-7-6-13-4-2-3-5-14(13)12-15;9-7-1-3-8(4-2-7)11-6-5-10/h2-7,12H,8-11H2,1H3;1-5H,6H2. The van der Waals surface area contributed by atoms with E-state index in [2.05, 4.69) is 58.7 Å². The van der Waals surface area contributed by atoms with E-state index in [1.54, 1.807) is 0 Å². The summed E-state index contributed by atoms with van der Waals surface area (Å²) in [7, 11) is 2.19. The maximum Gasteiger partial charge on any atom is 0.157 e. The van der Waals surface area contributed by atoms with Crippen LogP contribution in [0.15, 0.2) is 71.6 Å². The Balaban J connectivity index is 0.000000188. The van der Waals surface area contributed by atoms with Gasteiger partial charge in [0.05, 0.1) is 0 Å². The average molecular weight is 413 g/mol. The van der Waals surface area contributed by atoms with Crippen LogP contribution in [0.5, 0.6) is 5.75 Å². The second-order valence-corrected chi connectivity index (χ2v) is 7.93. The van der Waals surface area contributed by atoms with Crippen molar-refractivity contribution < 1.29 is 13.9 Å². The smallest absolute Gasteiger partial charge is 0.157 e. The molecule has 0 unspecified atom stereocenters. The van der Waals surface area contributed by atoms with E-state index in [1.807, 2.05) is 11.9 Å². The molecule has 152 valence electrons. The molecule has 3 aromatic carbocycles. The monoisotopic (exact) mass is 412 g/mol. The van der Waals surface area contributed by atoms with Crippen molar-refractivity contribution in [3.8, 4) is 5.75 Å². The molecule has 4 rings (SSSR count). The molecule has 3 aromatic rings. The van der Waals surface area contributed by atoms with E-state index < -0.39 is 0 Å². The first-order chi connectivity index (χ1) is 14.1. The fourth-order valence-corrected chi connectivity index (χ4v) is 3.87. The van der Waals surface area contributed by atoms with Gasteiger partial charge in [-0.15, -0.1) is 0 Å². The summed E-state index contributed by atoms with van der Waals surface area (Å²) in [5.41, 5.74) is 0. The summed E-state index contributed by atoms with van der Waals surface area (Å²) in [6, 6.07) is 20.8. The van der Waals surface area contributed by atoms with Crippen LogP contribution < -0.4 is 4.74 Å². The molecule has 0 aliphatic carbocycles. The number of ether oxygens (including phenoxy) is 1. The molecule has 4 nitrogen and oxygen atoms in total. The van der Waals surface area contributed by atoms with Crippen molar-refractivity contribution >= 4 is 29.0 Å². The molecule has 0 bridgehead atoms. The van der Waals surface area contributed by atoms with Gasteiger partial charge in [0.2, 0.25) is 0 Å². The largest absolute Gasteiger partial charge is 0.486 e. The molecule has 6 heteroatoms. The first-order valence-electron chi connectivity index (χ1n) is 9.56. The third kappa shape index (κ3) is 6.85. The lowest BCUT2D eigenvalue weighted by Gasteiger charge is -2.31. The van der Waals surface area contributed by atoms with Crippen LogP contribution in [-0.2, 0) is 4.79 Å². The van der Waals surface area contributed by atoms with Crippen LogP contribution in [0.4, 0.5) is 4.39 Å². The Morgan fingerprint density at radius 3 is 2.34 bits per heavy atom. The minimum Gasteiger partial charge on any atom is -0.486 e. The highest BCUT2D eigenvalue weighted by atomic mass is 32.2. The number of rotatable bonds is 5. The van der Waals surface area contributed by atoms with Crippen LogP contribution in [0.2, 0.25) is 0 Å². The van der Waals surface area contributed by atoms with Crippen molar-refractivity contribution in [3.63, 3.8) is 0 Å². The molecule has 0 atom stereocenters. The highest BCUT2D eigenvalue weighted by Gasteiger charge is 2.14. The molecule has 0 amide bonds. The number of halogens is 1. The summed E-state index contributed by atoms with van der Waals surface area (Å²) >= 11 is 1.89. The molecule has 29 heavy (non-hydrogen) atoms. The van der Waals surface area contributed by atoms with Gasteiger partial charge >= 0.3 is 0 Å². The van der Waals surface area contributed by atoms with Gasteiger partial charge in [0.1, 0.15) is 18.2 Å². The number of hydrogen-bond acceptors (Lipinski definition) is 5. The fourth-order valence-electron chi connectivity index (χ4n) is 2.91. The summed E-state index contributed by atoms with van der Waals surface area (Å²) in [4.78, 5) is 13.6. The number of nitrogens with zero attached hydrogens (tertiary/aromatic N) is 2. The molecule has 0 radical (unpaired) electrons. The van der Waals surface area contributed by atoms with Crippen molar-refractivity contribution in [1.82, 2.24) is 9.21 Å². The molecular weight excluding hydrogens is 387 g/mol. The number of benzene rings is 3. The molecule has 1 heterocycles. The van der Waals surface area contributed by atoms with Crippen molar-refractivity contribution in [3.05, 3.63) is 72.5 Å². The second-order valence-electron chi connectivity index (χ2n) is 6.76. The zero-order valence-electron chi connectivity index (χ0n) is 16.5. The molecule has 0 aromatic heterocycles. The van der Waals surface area contributed by atoms with Crippen molar-refractivity contribution in [2.24, 2.45) is 0 Å². The van der Waals surface area contributed by atoms with Gasteiger partial charge in [-0.2, -0.15) is 0 Å². The Bertz CT molecular complexity index is 912. The van der Waals surface area contributed by atoms with E-state index in [9.17, 15) is 9.18 Å². The lowest BCUT2D eigenvalue weighted by Crippen LogP contribution is -2.40. The van der Waals surface area contributed by atoms with Gasteiger partial charge in [0.25, 0.3) is 0 Å². The number of piperazine rings is 1. The highest BCUT2D eigenvalue weighted by molar-refractivity contribution is 7.97. The zero-order chi connectivity index (χ0) is 20.5. The molecule has 0 spiro atoms.